The molecule has 19 nitrogen and oxygen atoms in total. The molecule has 19 heteroatoms. The van der Waals surface area contributed by atoms with Crippen LogP contribution >= 0.6 is 0 Å². The topological polar surface area (TPSA) is 235 Å². The summed E-state index contributed by atoms with van der Waals surface area (Å²) >= 11 is 0. The van der Waals surface area contributed by atoms with Gasteiger partial charge < -0.3 is 82.0 Å². The fourth-order valence-corrected chi connectivity index (χ4v) is 15.1. The van der Waals surface area contributed by atoms with Crippen molar-refractivity contribution in [3.8, 4) is 0 Å². The Balaban J connectivity index is 0.802. The van der Waals surface area contributed by atoms with Crippen LogP contribution in [0.25, 0.3) is 6.08 Å². The summed E-state index contributed by atoms with van der Waals surface area (Å²) in [6, 6.07) is 9.46. The van der Waals surface area contributed by atoms with Gasteiger partial charge in [0.25, 0.3) is 0 Å². The SMILES string of the molecule is CO[C@@H]1[C@@H](O)[C@H](O[C@H]2[C@@H](OC)C[C@H](O[C@H]3[C@@H](OC)C[C@H](O[C@H]4[C@@H](OC)C[C@H](O[C@H]5CC[C@@]6(C)C(=CC[C@]7(O)[C@@H]6C[C@@H](OC(=O)/C=C/c6ccccc6)[C@]6(C)[C@H](C(C)=O)CC[C@@]67O)C5)O[C@@H]4C)O[C@@H]3C)O[C@@H]2C)O[C@H](C)[C@H]1O. The molecule has 0 amide bonds. The summed E-state index contributed by atoms with van der Waals surface area (Å²) in [6.45, 7) is 12.9. The highest BCUT2D eigenvalue weighted by molar-refractivity contribution is 5.87. The van der Waals surface area contributed by atoms with E-state index in [1.165, 1.54) is 20.1 Å². The van der Waals surface area contributed by atoms with Gasteiger partial charge in [-0.25, -0.2) is 4.79 Å². The van der Waals surface area contributed by atoms with Gasteiger partial charge in [-0.1, -0.05) is 55.8 Å². The van der Waals surface area contributed by atoms with E-state index in [9.17, 15) is 30.0 Å². The highest BCUT2D eigenvalue weighted by Crippen LogP contribution is 2.70. The molecule has 4 aliphatic carbocycles. The number of aliphatic hydroxyl groups is 4. The molecule has 0 radical (unpaired) electrons. The number of esters is 1. The first-order valence-corrected chi connectivity index (χ1v) is 27.9. The molecular weight excluding hydrogens is 1000 g/mol. The van der Waals surface area contributed by atoms with Crippen LogP contribution < -0.4 is 0 Å². The second-order valence-corrected chi connectivity index (χ2v) is 23.6. The van der Waals surface area contributed by atoms with Gasteiger partial charge in [0.1, 0.15) is 59.7 Å². The Labute approximate surface area is 453 Å². The number of carbonyl (C=O) groups excluding carboxylic acids is 2. The Morgan fingerprint density at radius 1 is 0.662 bits per heavy atom. The van der Waals surface area contributed by atoms with E-state index in [-0.39, 0.29) is 24.7 Å². The zero-order chi connectivity index (χ0) is 55.4. The van der Waals surface area contributed by atoms with Crippen molar-refractivity contribution in [2.24, 2.45) is 22.7 Å². The van der Waals surface area contributed by atoms with Crippen molar-refractivity contribution in [2.45, 2.75) is 241 Å². The minimum Gasteiger partial charge on any atom is -0.458 e. The van der Waals surface area contributed by atoms with Crippen LogP contribution in [0.1, 0.15) is 118 Å². The highest BCUT2D eigenvalue weighted by atomic mass is 16.8. The summed E-state index contributed by atoms with van der Waals surface area (Å²) in [5.74, 6) is -1.71. The molecule has 7 fully saturated rings. The van der Waals surface area contributed by atoms with E-state index in [2.05, 4.69) is 13.0 Å². The molecule has 8 aliphatic rings. The summed E-state index contributed by atoms with van der Waals surface area (Å²) in [5.41, 5.74) is -3.04. The van der Waals surface area contributed by atoms with Gasteiger partial charge in [0.05, 0.1) is 48.8 Å². The fourth-order valence-electron chi connectivity index (χ4n) is 15.1. The number of Topliss-reactive ketones (excluding diaryl/α,β-unsaturated/α-hetero) is 1. The zero-order valence-electron chi connectivity index (χ0n) is 46.7. The molecule has 4 N–H and O–H groups in total. The van der Waals surface area contributed by atoms with Gasteiger partial charge in [0, 0.05) is 71.0 Å². The van der Waals surface area contributed by atoms with Crippen molar-refractivity contribution in [2.75, 3.05) is 28.4 Å². The lowest BCUT2D eigenvalue weighted by atomic mass is 9.43. The van der Waals surface area contributed by atoms with Crippen LogP contribution in [0.3, 0.4) is 0 Å². The normalized spacial score (nSPS) is 48.1. The average Bonchev–Trinajstić information content (AvgIpc) is 3.87. The quantitative estimate of drug-likeness (QED) is 0.0959. The third kappa shape index (κ3) is 10.9. The van der Waals surface area contributed by atoms with Crippen molar-refractivity contribution in [1.29, 1.82) is 0 Å². The monoisotopic (exact) mass is 1090 g/mol. The van der Waals surface area contributed by atoms with E-state index in [4.69, 9.17) is 61.6 Å². The molecule has 4 heterocycles. The molecular formula is C58H86O19. The maximum atomic E-state index is 13.6. The van der Waals surface area contributed by atoms with E-state index < -0.39 is 150 Å². The van der Waals surface area contributed by atoms with Crippen LogP contribution in [-0.2, 0) is 71.2 Å². The molecule has 0 unspecified atom stereocenters. The molecule has 4 saturated heterocycles. The first kappa shape index (κ1) is 58.8. The predicted octanol–water partition coefficient (Wildman–Crippen LogP) is 5.09. The number of benzene rings is 1. The molecule has 3 saturated carbocycles. The smallest absolute Gasteiger partial charge is 0.331 e. The van der Waals surface area contributed by atoms with Crippen molar-refractivity contribution in [1.82, 2.24) is 0 Å². The van der Waals surface area contributed by atoms with Crippen LogP contribution in [-0.4, -0.2) is 189 Å². The number of fused-ring (bicyclic) bond motifs is 5. The summed E-state index contributed by atoms with van der Waals surface area (Å²) in [4.78, 5) is 26.9. The summed E-state index contributed by atoms with van der Waals surface area (Å²) in [6.07, 6.45) is -3.10. The Morgan fingerprint density at radius 3 is 1.77 bits per heavy atom. The van der Waals surface area contributed by atoms with Crippen LogP contribution in [0.4, 0.5) is 0 Å². The lowest BCUT2D eigenvalue weighted by molar-refractivity contribution is -0.355. The molecule has 0 bridgehead atoms. The number of aliphatic hydroxyl groups excluding tert-OH is 2. The molecule has 0 spiro atoms. The third-order valence-electron chi connectivity index (χ3n) is 19.5. The van der Waals surface area contributed by atoms with Gasteiger partial charge >= 0.3 is 5.97 Å². The second-order valence-electron chi connectivity index (χ2n) is 23.6. The summed E-state index contributed by atoms with van der Waals surface area (Å²) < 4.78 is 81.2. The van der Waals surface area contributed by atoms with E-state index in [0.29, 0.717) is 51.4 Å². The third-order valence-corrected chi connectivity index (χ3v) is 19.5. The van der Waals surface area contributed by atoms with Gasteiger partial charge in [-0.2, -0.15) is 0 Å². The first-order valence-electron chi connectivity index (χ1n) is 27.9. The van der Waals surface area contributed by atoms with Gasteiger partial charge in [0.15, 0.2) is 25.2 Å². The zero-order valence-corrected chi connectivity index (χ0v) is 46.7. The molecule has 25 atom stereocenters. The van der Waals surface area contributed by atoms with Crippen LogP contribution in [0.15, 0.2) is 48.1 Å². The van der Waals surface area contributed by atoms with Gasteiger partial charge in [-0.05, 0) is 96.6 Å². The van der Waals surface area contributed by atoms with Crippen molar-refractivity contribution in [3.05, 3.63) is 53.6 Å². The molecule has 4 aliphatic heterocycles. The van der Waals surface area contributed by atoms with Crippen LogP contribution in [0.5, 0.6) is 0 Å². The molecule has 9 rings (SSSR count). The predicted molar refractivity (Wildman–Crippen MR) is 275 cm³/mol. The fraction of sp³-hybridized carbons (Fsp3) is 0.793. The molecule has 77 heavy (non-hydrogen) atoms. The van der Waals surface area contributed by atoms with Gasteiger partial charge in [0.2, 0.25) is 0 Å². The molecule has 1 aromatic rings. The average molecular weight is 1090 g/mol. The van der Waals surface area contributed by atoms with Gasteiger partial charge in [-0.15, -0.1) is 0 Å². The van der Waals surface area contributed by atoms with Crippen molar-refractivity contribution in [3.63, 3.8) is 0 Å². The van der Waals surface area contributed by atoms with Crippen LogP contribution in [0, 0.1) is 22.7 Å². The lowest BCUT2D eigenvalue weighted by Crippen LogP contribution is -2.75. The summed E-state index contributed by atoms with van der Waals surface area (Å²) in [7, 11) is 6.27. The molecule has 432 valence electrons. The number of rotatable bonds is 16. The molecule has 1 aromatic carbocycles. The van der Waals surface area contributed by atoms with E-state index in [1.54, 1.807) is 34.3 Å². The summed E-state index contributed by atoms with van der Waals surface area (Å²) in [5, 5.41) is 47.3. The Bertz CT molecular complexity index is 2250. The Hall–Kier alpha value is -2.80. The Morgan fingerprint density at radius 2 is 1.22 bits per heavy atom. The standard InChI is InChI=1S/C58H86O19/c1-30(59)38-21-24-58(64)56(38,7)43(74-44(60)18-17-35-15-13-12-14-16-35)29-42-55(6)22-20-37(25-36(55)19-23-57(42,58)63)73-45-26-39(65-8)50(32(3)69-45)75-46-27-40(66-9)51(33(4)70-46)76-47-28-41(67-10)52(34(5)71-47)77-54-49(62)53(68-11)48(61)31(2)72-54/h12-19,31-34,37-43,45-54,61-64H,20-29H2,1-11H3/b18-17+/t31-,32-,33-,34-,37+,38+,39+,40+,41+,42-,43-,45+,46+,47+,48-,49-,50-,51-,52-,53+,54+,55+,56+,57+,58-/m1/s1. The second kappa shape index (κ2) is 23.6. The number of hydrogen-bond donors (Lipinski definition) is 4. The highest BCUT2D eigenvalue weighted by Gasteiger charge is 2.77. The number of methoxy groups -OCH3 is 4. The van der Waals surface area contributed by atoms with Crippen molar-refractivity contribution < 1.29 is 91.6 Å². The van der Waals surface area contributed by atoms with Crippen LogP contribution in [0.2, 0.25) is 0 Å². The first-order chi connectivity index (χ1) is 36.6. The minimum atomic E-state index is -1.69. The van der Waals surface area contributed by atoms with Crippen molar-refractivity contribution >= 4 is 17.8 Å². The number of carbonyl (C=O) groups is 2. The minimum absolute atomic E-state index is 0.0917. The van der Waals surface area contributed by atoms with E-state index >= 15 is 0 Å². The number of hydrogen-bond acceptors (Lipinski definition) is 19. The van der Waals surface area contributed by atoms with E-state index in [0.717, 1.165) is 11.1 Å². The van der Waals surface area contributed by atoms with Gasteiger partial charge in [-0.3, -0.25) is 4.79 Å². The lowest BCUT2D eigenvalue weighted by Gasteiger charge is -2.66. The number of ether oxygens (including phenoxy) is 13. The maximum Gasteiger partial charge on any atom is 0.331 e. The molecule has 0 aromatic heterocycles. The Kier molecular flexibility index (Phi) is 18.0. The maximum absolute atomic E-state index is 13.6. The van der Waals surface area contributed by atoms with E-state index in [1.807, 2.05) is 58.0 Å². The largest absolute Gasteiger partial charge is 0.458 e. The number of ketones is 1.